The SMILES string of the molecule is CC[C@@H](C)c1ccccc1NC(=O)COC(=O)c1nn(CC)c(=O)c2ccccc12. The summed E-state index contributed by atoms with van der Waals surface area (Å²) in [7, 11) is 0. The first-order valence-corrected chi connectivity index (χ1v) is 10.0. The molecule has 30 heavy (non-hydrogen) atoms. The first-order valence-electron chi connectivity index (χ1n) is 10.0. The molecule has 156 valence electrons. The molecule has 0 aliphatic carbocycles. The first-order chi connectivity index (χ1) is 14.5. The second-order valence-corrected chi connectivity index (χ2v) is 7.04. The summed E-state index contributed by atoms with van der Waals surface area (Å²) < 4.78 is 6.42. The number of benzene rings is 2. The van der Waals surface area contributed by atoms with Crippen LogP contribution in [0.3, 0.4) is 0 Å². The number of anilines is 1. The molecule has 0 saturated carbocycles. The molecule has 1 heterocycles. The van der Waals surface area contributed by atoms with Gasteiger partial charge in [-0.15, -0.1) is 0 Å². The van der Waals surface area contributed by atoms with Gasteiger partial charge in [-0.1, -0.05) is 50.2 Å². The monoisotopic (exact) mass is 407 g/mol. The van der Waals surface area contributed by atoms with E-state index in [1.54, 1.807) is 31.2 Å². The van der Waals surface area contributed by atoms with Crippen molar-refractivity contribution in [1.82, 2.24) is 9.78 Å². The van der Waals surface area contributed by atoms with E-state index in [1.807, 2.05) is 24.3 Å². The van der Waals surface area contributed by atoms with Gasteiger partial charge in [0.15, 0.2) is 12.3 Å². The second-order valence-electron chi connectivity index (χ2n) is 7.04. The molecule has 1 N–H and O–H groups in total. The molecule has 0 saturated heterocycles. The zero-order valence-electron chi connectivity index (χ0n) is 17.3. The minimum Gasteiger partial charge on any atom is -0.451 e. The predicted molar refractivity (Wildman–Crippen MR) is 116 cm³/mol. The van der Waals surface area contributed by atoms with E-state index in [9.17, 15) is 14.4 Å². The quantitative estimate of drug-likeness (QED) is 0.603. The van der Waals surface area contributed by atoms with Crippen LogP contribution in [0.1, 0.15) is 49.2 Å². The van der Waals surface area contributed by atoms with E-state index in [-0.39, 0.29) is 17.2 Å². The number of aryl methyl sites for hydroxylation is 1. The maximum Gasteiger partial charge on any atom is 0.359 e. The molecule has 0 spiro atoms. The van der Waals surface area contributed by atoms with Gasteiger partial charge >= 0.3 is 5.97 Å². The zero-order valence-corrected chi connectivity index (χ0v) is 17.3. The Morgan fingerprint density at radius 1 is 1.07 bits per heavy atom. The van der Waals surface area contributed by atoms with Gasteiger partial charge in [0.05, 0.1) is 5.39 Å². The van der Waals surface area contributed by atoms with Gasteiger partial charge in [0.1, 0.15) is 0 Å². The standard InChI is InChI=1S/C23H25N3O4/c1-4-15(3)16-10-8-9-13-19(16)24-20(27)14-30-23(29)21-17-11-6-7-12-18(17)22(28)26(5-2)25-21/h6-13,15H,4-5,14H2,1-3H3,(H,24,27)/t15-/m1/s1. The number of amides is 1. The minimum absolute atomic E-state index is 0.0138. The van der Waals surface area contributed by atoms with E-state index in [1.165, 1.54) is 4.68 Å². The number of esters is 1. The molecule has 1 aromatic heterocycles. The van der Waals surface area contributed by atoms with Crippen LogP contribution in [0.5, 0.6) is 0 Å². The second kappa shape index (κ2) is 9.35. The number of hydrogen-bond donors (Lipinski definition) is 1. The highest BCUT2D eigenvalue weighted by Gasteiger charge is 2.19. The summed E-state index contributed by atoms with van der Waals surface area (Å²) in [5.41, 5.74) is 1.47. The number of fused-ring (bicyclic) bond motifs is 1. The fraction of sp³-hybridized carbons (Fsp3) is 0.304. The number of rotatable bonds is 7. The number of ether oxygens (including phenoxy) is 1. The molecule has 0 unspecified atom stereocenters. The molecule has 3 aromatic rings. The molecule has 1 atom stereocenters. The Morgan fingerprint density at radius 2 is 1.73 bits per heavy atom. The third-order valence-corrected chi connectivity index (χ3v) is 5.07. The van der Waals surface area contributed by atoms with E-state index in [0.717, 1.165) is 12.0 Å². The summed E-state index contributed by atoms with van der Waals surface area (Å²) in [6.45, 7) is 5.80. The minimum atomic E-state index is -0.751. The Morgan fingerprint density at radius 3 is 2.43 bits per heavy atom. The number of hydrogen-bond acceptors (Lipinski definition) is 5. The van der Waals surface area contributed by atoms with Gasteiger partial charge in [-0.05, 0) is 37.0 Å². The van der Waals surface area contributed by atoms with Crippen LogP contribution in [0, 0.1) is 0 Å². The van der Waals surface area contributed by atoms with Crippen LogP contribution in [0.25, 0.3) is 10.8 Å². The molecule has 3 rings (SSSR count). The third-order valence-electron chi connectivity index (χ3n) is 5.07. The fourth-order valence-electron chi connectivity index (χ4n) is 3.25. The van der Waals surface area contributed by atoms with Gasteiger partial charge in [-0.3, -0.25) is 9.59 Å². The third kappa shape index (κ3) is 4.40. The van der Waals surface area contributed by atoms with Crippen molar-refractivity contribution < 1.29 is 14.3 Å². The van der Waals surface area contributed by atoms with Crippen molar-refractivity contribution in [3.05, 3.63) is 70.1 Å². The van der Waals surface area contributed by atoms with Crippen LogP contribution < -0.4 is 10.9 Å². The van der Waals surface area contributed by atoms with Gasteiger partial charge in [0.25, 0.3) is 11.5 Å². The van der Waals surface area contributed by atoms with Crippen LogP contribution >= 0.6 is 0 Å². The summed E-state index contributed by atoms with van der Waals surface area (Å²) >= 11 is 0. The lowest BCUT2D eigenvalue weighted by Crippen LogP contribution is -2.27. The van der Waals surface area contributed by atoms with Crippen LogP contribution in [-0.4, -0.2) is 28.3 Å². The molecular formula is C23H25N3O4. The van der Waals surface area contributed by atoms with Gasteiger partial charge < -0.3 is 10.1 Å². The molecule has 7 nitrogen and oxygen atoms in total. The maximum absolute atomic E-state index is 12.6. The van der Waals surface area contributed by atoms with Gasteiger partial charge in [0, 0.05) is 17.6 Å². The summed E-state index contributed by atoms with van der Waals surface area (Å²) in [5, 5.41) is 7.72. The zero-order chi connectivity index (χ0) is 21.7. The lowest BCUT2D eigenvalue weighted by Gasteiger charge is -2.15. The number of nitrogens with one attached hydrogen (secondary N) is 1. The number of carbonyl (C=O) groups is 2. The maximum atomic E-state index is 12.6. The van der Waals surface area contributed by atoms with E-state index < -0.39 is 18.5 Å². The van der Waals surface area contributed by atoms with E-state index in [0.29, 0.717) is 23.0 Å². The Bertz CT molecular complexity index is 1140. The van der Waals surface area contributed by atoms with E-state index in [2.05, 4.69) is 24.3 Å². The normalized spacial score (nSPS) is 11.8. The summed E-state index contributed by atoms with van der Waals surface area (Å²) in [6, 6.07) is 14.3. The molecule has 2 aromatic carbocycles. The van der Waals surface area contributed by atoms with Crippen LogP contribution in [0.15, 0.2) is 53.3 Å². The van der Waals surface area contributed by atoms with Crippen molar-refractivity contribution in [2.45, 2.75) is 39.7 Å². The molecular weight excluding hydrogens is 382 g/mol. The fourth-order valence-corrected chi connectivity index (χ4v) is 3.25. The van der Waals surface area contributed by atoms with Crippen molar-refractivity contribution in [3.63, 3.8) is 0 Å². The molecule has 0 radical (unpaired) electrons. The van der Waals surface area contributed by atoms with E-state index >= 15 is 0 Å². The average Bonchev–Trinajstić information content (AvgIpc) is 2.77. The van der Waals surface area contributed by atoms with Crippen molar-refractivity contribution in [2.75, 3.05) is 11.9 Å². The highest BCUT2D eigenvalue weighted by Crippen LogP contribution is 2.26. The Kier molecular flexibility index (Phi) is 6.61. The van der Waals surface area contributed by atoms with Crippen molar-refractivity contribution >= 4 is 28.3 Å². The molecule has 0 bridgehead atoms. The number of aromatic nitrogens is 2. The molecule has 0 fully saturated rings. The first kappa shape index (κ1) is 21.2. The smallest absolute Gasteiger partial charge is 0.359 e. The number of nitrogens with zero attached hydrogens (tertiary/aromatic N) is 2. The summed E-state index contributed by atoms with van der Waals surface area (Å²) in [4.78, 5) is 37.4. The highest BCUT2D eigenvalue weighted by molar-refractivity contribution is 6.03. The average molecular weight is 407 g/mol. The Balaban J connectivity index is 1.76. The Labute approximate surface area is 174 Å². The summed E-state index contributed by atoms with van der Waals surface area (Å²) in [5.74, 6) is -0.902. The number of para-hydroxylation sites is 1. The van der Waals surface area contributed by atoms with Crippen LogP contribution in [0.2, 0.25) is 0 Å². The lowest BCUT2D eigenvalue weighted by atomic mass is 9.97. The van der Waals surface area contributed by atoms with Crippen LogP contribution in [0.4, 0.5) is 5.69 Å². The predicted octanol–water partition coefficient (Wildman–Crippen LogP) is 3.73. The van der Waals surface area contributed by atoms with Gasteiger partial charge in [-0.2, -0.15) is 5.10 Å². The molecule has 0 aliphatic rings. The highest BCUT2D eigenvalue weighted by atomic mass is 16.5. The van der Waals surface area contributed by atoms with Gasteiger partial charge in [0.2, 0.25) is 0 Å². The van der Waals surface area contributed by atoms with Gasteiger partial charge in [-0.25, -0.2) is 9.48 Å². The molecule has 7 heteroatoms. The van der Waals surface area contributed by atoms with Crippen molar-refractivity contribution in [3.8, 4) is 0 Å². The topological polar surface area (TPSA) is 90.3 Å². The van der Waals surface area contributed by atoms with E-state index in [4.69, 9.17) is 4.74 Å². The van der Waals surface area contributed by atoms with Crippen molar-refractivity contribution in [2.24, 2.45) is 0 Å². The lowest BCUT2D eigenvalue weighted by molar-refractivity contribution is -0.119. The molecule has 1 amide bonds. The van der Waals surface area contributed by atoms with Crippen molar-refractivity contribution in [1.29, 1.82) is 0 Å². The largest absolute Gasteiger partial charge is 0.451 e. The van der Waals surface area contributed by atoms with Crippen LogP contribution in [-0.2, 0) is 16.1 Å². The Hall–Kier alpha value is -3.48. The molecule has 0 aliphatic heterocycles. The number of carbonyl (C=O) groups excluding carboxylic acids is 2. The summed E-state index contributed by atoms with van der Waals surface area (Å²) in [6.07, 6.45) is 0.938.